The van der Waals surface area contributed by atoms with Gasteiger partial charge in [-0.3, -0.25) is 4.79 Å². The van der Waals surface area contributed by atoms with Crippen LogP contribution < -0.4 is 0 Å². The van der Waals surface area contributed by atoms with Crippen molar-refractivity contribution in [3.8, 4) is 0 Å². The molecule has 1 aromatic carbocycles. The molecule has 1 amide bonds. The highest BCUT2D eigenvalue weighted by atomic mass is 32.2. The molecule has 9 nitrogen and oxygen atoms in total. The van der Waals surface area contributed by atoms with Crippen molar-refractivity contribution >= 4 is 21.9 Å². The minimum atomic E-state index is -4.28. The Kier molecular flexibility index (Phi) is 8.26. The molecule has 0 N–H and O–H groups in total. The van der Waals surface area contributed by atoms with E-state index in [1.54, 1.807) is 45.9 Å². The number of hydrogen-bond acceptors (Lipinski definition) is 8. The number of carbonyl (C=O) groups is 2. The summed E-state index contributed by atoms with van der Waals surface area (Å²) >= 11 is 0. The van der Waals surface area contributed by atoms with Crippen LogP contribution in [0.3, 0.4) is 0 Å². The lowest BCUT2D eigenvalue weighted by molar-refractivity contribution is -0.173. The van der Waals surface area contributed by atoms with Crippen molar-refractivity contribution in [2.24, 2.45) is 0 Å². The first-order valence-electron chi connectivity index (χ1n) is 11.7. The lowest BCUT2D eigenvalue weighted by Gasteiger charge is -2.37. The third kappa shape index (κ3) is 5.39. The van der Waals surface area contributed by atoms with Crippen molar-refractivity contribution in [3.63, 3.8) is 0 Å². The van der Waals surface area contributed by atoms with E-state index in [1.165, 1.54) is 17.0 Å². The SMILES string of the molecule is CCOC(=O)[C@]1(S(=O)(=O)c2ccccc2)CCN(C(=O)OC(C)(C)C)[C@@H]1COC1CCCCO1. The van der Waals surface area contributed by atoms with E-state index < -0.39 is 44.6 Å². The fraction of sp³-hybridized carbons (Fsp3) is 0.667. The van der Waals surface area contributed by atoms with Gasteiger partial charge in [0.25, 0.3) is 0 Å². The molecule has 0 aromatic heterocycles. The van der Waals surface area contributed by atoms with Gasteiger partial charge in [-0.25, -0.2) is 13.2 Å². The lowest BCUT2D eigenvalue weighted by Crippen LogP contribution is -2.59. The molecule has 2 heterocycles. The van der Waals surface area contributed by atoms with Gasteiger partial charge in [-0.2, -0.15) is 0 Å². The van der Waals surface area contributed by atoms with Crippen molar-refractivity contribution in [3.05, 3.63) is 30.3 Å². The van der Waals surface area contributed by atoms with E-state index in [4.69, 9.17) is 18.9 Å². The molecular formula is C24H35NO8S. The largest absolute Gasteiger partial charge is 0.465 e. The molecule has 1 aromatic rings. The summed E-state index contributed by atoms with van der Waals surface area (Å²) in [5.74, 6) is -0.900. The molecule has 1 unspecified atom stereocenters. The highest BCUT2D eigenvalue weighted by Crippen LogP contribution is 2.42. The van der Waals surface area contributed by atoms with Crippen LogP contribution in [0.4, 0.5) is 4.79 Å². The summed E-state index contributed by atoms with van der Waals surface area (Å²) in [6.07, 6.45) is 1.10. The average molecular weight is 498 g/mol. The Bertz CT molecular complexity index is 953. The molecule has 34 heavy (non-hydrogen) atoms. The van der Waals surface area contributed by atoms with Crippen LogP contribution in [-0.2, 0) is 33.6 Å². The Morgan fingerprint density at radius 2 is 1.88 bits per heavy atom. The van der Waals surface area contributed by atoms with E-state index in [1.807, 2.05) is 0 Å². The van der Waals surface area contributed by atoms with E-state index in [9.17, 15) is 18.0 Å². The van der Waals surface area contributed by atoms with Crippen LogP contribution in [0, 0.1) is 0 Å². The van der Waals surface area contributed by atoms with E-state index >= 15 is 0 Å². The first-order valence-corrected chi connectivity index (χ1v) is 13.2. The molecule has 3 rings (SSSR count). The molecule has 0 bridgehead atoms. The second-order valence-corrected chi connectivity index (χ2v) is 11.7. The van der Waals surface area contributed by atoms with Gasteiger partial charge in [0.1, 0.15) is 5.60 Å². The molecule has 0 radical (unpaired) electrons. The predicted octanol–water partition coefficient (Wildman–Crippen LogP) is 3.31. The van der Waals surface area contributed by atoms with E-state index in [0.29, 0.717) is 13.0 Å². The second-order valence-electron chi connectivity index (χ2n) is 9.50. The molecule has 3 atom stereocenters. The second kappa shape index (κ2) is 10.6. The Balaban J connectivity index is 2.06. The third-order valence-electron chi connectivity index (χ3n) is 6.00. The molecular weight excluding hydrogens is 462 g/mol. The number of benzene rings is 1. The molecule has 2 saturated heterocycles. The minimum Gasteiger partial charge on any atom is -0.465 e. The summed E-state index contributed by atoms with van der Waals surface area (Å²) in [5, 5.41) is 0. The molecule has 2 aliphatic rings. The zero-order chi connectivity index (χ0) is 25.0. The van der Waals surface area contributed by atoms with Crippen LogP contribution in [0.15, 0.2) is 35.2 Å². The number of esters is 1. The van der Waals surface area contributed by atoms with Crippen LogP contribution in [0.1, 0.15) is 53.4 Å². The first kappa shape index (κ1) is 26.4. The quantitative estimate of drug-likeness (QED) is 0.528. The Hall–Kier alpha value is -2.17. The number of carbonyl (C=O) groups excluding carboxylic acids is 2. The number of hydrogen-bond donors (Lipinski definition) is 0. The number of rotatable bonds is 7. The van der Waals surface area contributed by atoms with Crippen molar-refractivity contribution in [1.29, 1.82) is 0 Å². The number of nitrogens with zero attached hydrogens (tertiary/aromatic N) is 1. The number of likely N-dealkylation sites (tertiary alicyclic amines) is 1. The van der Waals surface area contributed by atoms with Gasteiger partial charge in [-0.05, 0) is 65.5 Å². The molecule has 10 heteroatoms. The molecule has 0 saturated carbocycles. The van der Waals surface area contributed by atoms with E-state index in [2.05, 4.69) is 0 Å². The summed E-state index contributed by atoms with van der Waals surface area (Å²) in [4.78, 5) is 27.8. The van der Waals surface area contributed by atoms with Gasteiger partial charge in [-0.15, -0.1) is 0 Å². The first-order chi connectivity index (χ1) is 16.0. The molecule has 190 valence electrons. The van der Waals surface area contributed by atoms with Crippen molar-refractivity contribution in [2.75, 3.05) is 26.4 Å². The zero-order valence-electron chi connectivity index (χ0n) is 20.3. The Morgan fingerprint density at radius 1 is 1.18 bits per heavy atom. The third-order valence-corrected chi connectivity index (χ3v) is 8.49. The van der Waals surface area contributed by atoms with Crippen LogP contribution in [0.25, 0.3) is 0 Å². The fourth-order valence-electron chi connectivity index (χ4n) is 4.39. The Labute approximate surface area is 201 Å². The van der Waals surface area contributed by atoms with Crippen LogP contribution in [-0.4, -0.2) is 74.4 Å². The van der Waals surface area contributed by atoms with Gasteiger partial charge in [0, 0.05) is 13.2 Å². The standard InChI is InChI=1S/C24H35NO8S/c1-5-30-21(26)24(34(28,29)18-11-7-6-8-12-18)14-15-25(22(27)33-23(2,3)4)19(24)17-32-20-13-9-10-16-31-20/h6-8,11-12,19-20H,5,9-10,13-17H2,1-4H3/t19-,20?,24+/m1/s1. The predicted molar refractivity (Wildman–Crippen MR) is 124 cm³/mol. The number of ether oxygens (including phenoxy) is 4. The summed E-state index contributed by atoms with van der Waals surface area (Å²) in [5.41, 5.74) is -0.803. The van der Waals surface area contributed by atoms with Crippen molar-refractivity contribution in [2.45, 2.75) is 81.0 Å². The highest BCUT2D eigenvalue weighted by Gasteiger charge is 2.64. The molecule has 0 spiro atoms. The Morgan fingerprint density at radius 3 is 2.47 bits per heavy atom. The zero-order valence-corrected chi connectivity index (χ0v) is 21.1. The molecule has 2 aliphatic heterocycles. The molecule has 0 aliphatic carbocycles. The van der Waals surface area contributed by atoms with Gasteiger partial charge < -0.3 is 23.8 Å². The summed E-state index contributed by atoms with van der Waals surface area (Å²) < 4.78 is 48.4. The summed E-state index contributed by atoms with van der Waals surface area (Å²) in [6.45, 7) is 7.11. The monoisotopic (exact) mass is 497 g/mol. The van der Waals surface area contributed by atoms with Gasteiger partial charge in [0.2, 0.25) is 0 Å². The summed E-state index contributed by atoms with van der Waals surface area (Å²) in [7, 11) is -4.28. The maximum Gasteiger partial charge on any atom is 0.410 e. The number of sulfone groups is 1. The van der Waals surface area contributed by atoms with Gasteiger partial charge in [0.05, 0.1) is 24.2 Å². The maximum absolute atomic E-state index is 14.0. The molecule has 2 fully saturated rings. The number of amides is 1. The minimum absolute atomic E-state index is 0.000653. The van der Waals surface area contributed by atoms with Crippen molar-refractivity contribution < 1.29 is 37.0 Å². The van der Waals surface area contributed by atoms with Crippen LogP contribution in [0.5, 0.6) is 0 Å². The topological polar surface area (TPSA) is 108 Å². The van der Waals surface area contributed by atoms with Crippen LogP contribution in [0.2, 0.25) is 0 Å². The van der Waals surface area contributed by atoms with Crippen molar-refractivity contribution in [1.82, 2.24) is 4.90 Å². The smallest absolute Gasteiger partial charge is 0.410 e. The fourth-order valence-corrected chi connectivity index (χ4v) is 6.52. The lowest BCUT2D eigenvalue weighted by atomic mass is 9.99. The van der Waals surface area contributed by atoms with Gasteiger partial charge in [0.15, 0.2) is 20.9 Å². The summed E-state index contributed by atoms with van der Waals surface area (Å²) in [6, 6.07) is 6.60. The van der Waals surface area contributed by atoms with Gasteiger partial charge >= 0.3 is 12.1 Å². The van der Waals surface area contributed by atoms with E-state index in [0.717, 1.165) is 12.8 Å². The van der Waals surface area contributed by atoms with Gasteiger partial charge in [-0.1, -0.05) is 18.2 Å². The maximum atomic E-state index is 14.0. The van der Waals surface area contributed by atoms with E-state index in [-0.39, 0.29) is 31.1 Å². The highest BCUT2D eigenvalue weighted by molar-refractivity contribution is 7.93. The average Bonchev–Trinajstić information content (AvgIpc) is 3.19. The normalized spacial score (nSPS) is 25.7. The van der Waals surface area contributed by atoms with Crippen LogP contribution >= 0.6 is 0 Å².